The van der Waals surface area contributed by atoms with Crippen molar-refractivity contribution >= 4 is 0 Å². The zero-order valence-electron chi connectivity index (χ0n) is 9.57. The van der Waals surface area contributed by atoms with E-state index in [1.165, 1.54) is 6.20 Å². The molecule has 0 bridgehead atoms. The van der Waals surface area contributed by atoms with E-state index in [1.54, 1.807) is 12.3 Å². The highest BCUT2D eigenvalue weighted by Gasteiger charge is 2.20. The van der Waals surface area contributed by atoms with Gasteiger partial charge in [0.25, 0.3) is 0 Å². The van der Waals surface area contributed by atoms with Gasteiger partial charge in [-0.15, -0.1) is 0 Å². The molecule has 17 heavy (non-hydrogen) atoms. The van der Waals surface area contributed by atoms with Gasteiger partial charge in [-0.2, -0.15) is 0 Å². The Kier molecular flexibility index (Phi) is 2.35. The Morgan fingerprint density at radius 3 is 2.94 bits per heavy atom. The van der Waals surface area contributed by atoms with Crippen LogP contribution in [0.15, 0.2) is 18.5 Å². The highest BCUT2D eigenvalue weighted by atomic mass is 19.1. The molecule has 2 heterocycles. The minimum Gasteiger partial charge on any atom is -0.262 e. The fraction of sp³-hybridized carbons (Fsp3) is 0.308. The van der Waals surface area contributed by atoms with E-state index in [2.05, 4.69) is 15.0 Å². The van der Waals surface area contributed by atoms with Crippen molar-refractivity contribution in [3.05, 3.63) is 41.4 Å². The van der Waals surface area contributed by atoms with Crippen LogP contribution in [-0.4, -0.2) is 15.0 Å². The van der Waals surface area contributed by atoms with Gasteiger partial charge in [0.15, 0.2) is 5.82 Å². The maximum absolute atomic E-state index is 13.8. The monoisotopic (exact) mass is 229 g/mol. The van der Waals surface area contributed by atoms with E-state index in [-0.39, 0.29) is 5.82 Å². The maximum Gasteiger partial charge on any atom is 0.150 e. The van der Waals surface area contributed by atoms with Gasteiger partial charge >= 0.3 is 0 Å². The van der Waals surface area contributed by atoms with Gasteiger partial charge in [-0.1, -0.05) is 0 Å². The average Bonchev–Trinajstić information content (AvgIpc) is 2.76. The zero-order chi connectivity index (χ0) is 11.8. The summed E-state index contributed by atoms with van der Waals surface area (Å²) >= 11 is 0. The van der Waals surface area contributed by atoms with Gasteiger partial charge in [-0.05, 0) is 32.3 Å². The average molecular weight is 229 g/mol. The SMILES string of the molecule is Cc1nc2c(c(-c3ccncc3F)n1)CCC2. The van der Waals surface area contributed by atoms with Crippen LogP contribution in [0.25, 0.3) is 11.3 Å². The molecule has 4 heteroatoms. The Hall–Kier alpha value is -1.84. The molecular weight excluding hydrogens is 217 g/mol. The van der Waals surface area contributed by atoms with E-state index in [0.717, 1.165) is 36.2 Å². The predicted octanol–water partition coefficient (Wildman–Crippen LogP) is 2.47. The van der Waals surface area contributed by atoms with Gasteiger partial charge in [0.05, 0.1) is 11.9 Å². The van der Waals surface area contributed by atoms with Crippen LogP contribution in [0.3, 0.4) is 0 Å². The Morgan fingerprint density at radius 2 is 2.12 bits per heavy atom. The summed E-state index contributed by atoms with van der Waals surface area (Å²) < 4.78 is 13.8. The summed E-state index contributed by atoms with van der Waals surface area (Å²) in [4.78, 5) is 12.6. The Labute approximate surface area is 98.8 Å². The molecule has 1 aliphatic carbocycles. The number of nitrogens with zero attached hydrogens (tertiary/aromatic N) is 3. The number of aromatic nitrogens is 3. The lowest BCUT2D eigenvalue weighted by atomic mass is 10.1. The number of hydrogen-bond donors (Lipinski definition) is 0. The topological polar surface area (TPSA) is 38.7 Å². The first-order valence-electron chi connectivity index (χ1n) is 5.72. The van der Waals surface area contributed by atoms with Crippen LogP contribution in [0.4, 0.5) is 4.39 Å². The third-order valence-electron chi connectivity index (χ3n) is 3.07. The third-order valence-corrected chi connectivity index (χ3v) is 3.07. The van der Waals surface area contributed by atoms with Crippen molar-refractivity contribution in [1.29, 1.82) is 0 Å². The van der Waals surface area contributed by atoms with Crippen molar-refractivity contribution < 1.29 is 4.39 Å². The molecule has 3 nitrogen and oxygen atoms in total. The number of pyridine rings is 1. The summed E-state index contributed by atoms with van der Waals surface area (Å²) in [7, 11) is 0. The van der Waals surface area contributed by atoms with Crippen LogP contribution in [0.2, 0.25) is 0 Å². The Morgan fingerprint density at radius 1 is 1.24 bits per heavy atom. The quantitative estimate of drug-likeness (QED) is 0.754. The predicted molar refractivity (Wildman–Crippen MR) is 62.0 cm³/mol. The van der Waals surface area contributed by atoms with Crippen LogP contribution < -0.4 is 0 Å². The molecule has 0 aliphatic heterocycles. The van der Waals surface area contributed by atoms with E-state index < -0.39 is 0 Å². The van der Waals surface area contributed by atoms with E-state index >= 15 is 0 Å². The van der Waals surface area contributed by atoms with Crippen molar-refractivity contribution in [2.45, 2.75) is 26.2 Å². The fourth-order valence-corrected chi connectivity index (χ4v) is 2.35. The van der Waals surface area contributed by atoms with Gasteiger partial charge in [0, 0.05) is 23.0 Å². The zero-order valence-corrected chi connectivity index (χ0v) is 9.57. The smallest absolute Gasteiger partial charge is 0.150 e. The lowest BCUT2D eigenvalue weighted by Gasteiger charge is -2.08. The van der Waals surface area contributed by atoms with Gasteiger partial charge in [0.2, 0.25) is 0 Å². The molecule has 0 unspecified atom stereocenters. The number of halogens is 1. The van der Waals surface area contributed by atoms with Gasteiger partial charge in [0.1, 0.15) is 5.82 Å². The molecule has 86 valence electrons. The fourth-order valence-electron chi connectivity index (χ4n) is 2.35. The molecule has 3 rings (SSSR count). The molecule has 0 fully saturated rings. The first-order valence-corrected chi connectivity index (χ1v) is 5.72. The van der Waals surface area contributed by atoms with Crippen LogP contribution in [0, 0.1) is 12.7 Å². The van der Waals surface area contributed by atoms with Crippen molar-refractivity contribution in [1.82, 2.24) is 15.0 Å². The number of rotatable bonds is 1. The summed E-state index contributed by atoms with van der Waals surface area (Å²) in [6, 6.07) is 1.68. The third kappa shape index (κ3) is 1.69. The van der Waals surface area contributed by atoms with E-state index in [4.69, 9.17) is 0 Å². The first kappa shape index (κ1) is 10.3. The lowest BCUT2D eigenvalue weighted by molar-refractivity contribution is 0.624. The Balaban J connectivity index is 2.25. The minimum atomic E-state index is -0.320. The van der Waals surface area contributed by atoms with Crippen molar-refractivity contribution in [3.8, 4) is 11.3 Å². The van der Waals surface area contributed by atoms with Gasteiger partial charge < -0.3 is 0 Å². The number of aryl methyl sites for hydroxylation is 2. The highest BCUT2D eigenvalue weighted by Crippen LogP contribution is 2.30. The minimum absolute atomic E-state index is 0.320. The summed E-state index contributed by atoms with van der Waals surface area (Å²) in [5, 5.41) is 0. The lowest BCUT2D eigenvalue weighted by Crippen LogP contribution is -2.01. The summed E-state index contributed by atoms with van der Waals surface area (Å²) in [5.74, 6) is 0.386. The molecule has 0 atom stereocenters. The maximum atomic E-state index is 13.8. The van der Waals surface area contributed by atoms with Crippen LogP contribution >= 0.6 is 0 Å². The normalized spacial score (nSPS) is 13.8. The molecule has 0 amide bonds. The standard InChI is InChI=1S/C13H12FN3/c1-8-16-12-4-2-3-10(12)13(17-8)9-5-6-15-7-11(9)14/h5-7H,2-4H2,1H3. The summed E-state index contributed by atoms with van der Waals surface area (Å²) in [6.45, 7) is 1.85. The summed E-state index contributed by atoms with van der Waals surface area (Å²) in [5.41, 5.74) is 3.44. The largest absolute Gasteiger partial charge is 0.262 e. The Bertz CT molecular complexity index is 581. The number of fused-ring (bicyclic) bond motifs is 1. The van der Waals surface area contributed by atoms with Crippen molar-refractivity contribution in [3.63, 3.8) is 0 Å². The molecular formula is C13H12FN3. The first-order chi connectivity index (χ1) is 8.25. The van der Waals surface area contributed by atoms with E-state index in [9.17, 15) is 4.39 Å². The molecule has 0 saturated heterocycles. The van der Waals surface area contributed by atoms with E-state index in [0.29, 0.717) is 11.4 Å². The van der Waals surface area contributed by atoms with E-state index in [1.807, 2.05) is 6.92 Å². The second kappa shape index (κ2) is 3.87. The molecule has 0 spiro atoms. The molecule has 2 aromatic rings. The van der Waals surface area contributed by atoms with Crippen molar-refractivity contribution in [2.75, 3.05) is 0 Å². The van der Waals surface area contributed by atoms with Crippen molar-refractivity contribution in [2.24, 2.45) is 0 Å². The summed E-state index contributed by atoms with van der Waals surface area (Å²) in [6.07, 6.45) is 5.81. The van der Waals surface area contributed by atoms with Crippen LogP contribution in [0.1, 0.15) is 23.5 Å². The second-order valence-corrected chi connectivity index (χ2v) is 4.25. The molecule has 0 aromatic carbocycles. The van der Waals surface area contributed by atoms with Crippen LogP contribution in [-0.2, 0) is 12.8 Å². The molecule has 1 aliphatic rings. The molecule has 0 radical (unpaired) electrons. The second-order valence-electron chi connectivity index (χ2n) is 4.25. The molecule has 0 saturated carbocycles. The van der Waals surface area contributed by atoms with Gasteiger partial charge in [-0.25, -0.2) is 14.4 Å². The van der Waals surface area contributed by atoms with Gasteiger partial charge in [-0.3, -0.25) is 4.98 Å². The molecule has 0 N–H and O–H groups in total. The number of hydrogen-bond acceptors (Lipinski definition) is 3. The van der Waals surface area contributed by atoms with Crippen LogP contribution in [0.5, 0.6) is 0 Å². The molecule has 2 aromatic heterocycles. The highest BCUT2D eigenvalue weighted by molar-refractivity contribution is 5.64.